The Balaban J connectivity index is 1.69. The Morgan fingerprint density at radius 1 is 1.21 bits per heavy atom. The van der Waals surface area contributed by atoms with E-state index < -0.39 is 0 Å². The van der Waals surface area contributed by atoms with E-state index in [1.165, 1.54) is 11.8 Å². The van der Waals surface area contributed by atoms with Crippen LogP contribution in [0.15, 0.2) is 60.0 Å². The third-order valence-electron chi connectivity index (χ3n) is 3.95. The van der Waals surface area contributed by atoms with Crippen molar-refractivity contribution < 1.29 is 14.3 Å². The molecule has 0 spiro atoms. The highest BCUT2D eigenvalue weighted by atomic mass is 32.2. The molecule has 2 aromatic carbocycles. The molecular formula is C20H22N4O3S. The molecule has 28 heavy (non-hydrogen) atoms. The van der Waals surface area contributed by atoms with Crippen LogP contribution >= 0.6 is 11.8 Å². The van der Waals surface area contributed by atoms with Crippen LogP contribution in [-0.4, -0.2) is 39.6 Å². The number of hydrogen-bond donors (Lipinski definition) is 1. The van der Waals surface area contributed by atoms with Crippen molar-refractivity contribution in [3.8, 4) is 17.2 Å². The lowest BCUT2D eigenvalue weighted by Gasteiger charge is -2.14. The number of benzene rings is 2. The molecule has 3 aromatic rings. The van der Waals surface area contributed by atoms with Crippen LogP contribution in [-0.2, 0) is 4.79 Å². The van der Waals surface area contributed by atoms with Gasteiger partial charge in [-0.3, -0.25) is 9.36 Å². The number of ether oxygens (including phenoxy) is 2. The van der Waals surface area contributed by atoms with E-state index in [0.717, 1.165) is 11.4 Å². The first-order valence-electron chi connectivity index (χ1n) is 8.86. The Bertz CT molecular complexity index is 927. The minimum atomic E-state index is -0.371. The average Bonchev–Trinajstić information content (AvgIpc) is 3.17. The van der Waals surface area contributed by atoms with Gasteiger partial charge in [-0.15, -0.1) is 10.2 Å². The second kappa shape index (κ2) is 9.27. The zero-order valence-corrected chi connectivity index (χ0v) is 16.8. The molecule has 0 fully saturated rings. The van der Waals surface area contributed by atoms with E-state index >= 15 is 0 Å². The minimum Gasteiger partial charge on any atom is -0.495 e. The first-order chi connectivity index (χ1) is 13.6. The monoisotopic (exact) mass is 398 g/mol. The molecule has 7 nitrogen and oxygen atoms in total. The summed E-state index contributed by atoms with van der Waals surface area (Å²) in [7, 11) is 1.61. The Kier molecular flexibility index (Phi) is 6.54. The van der Waals surface area contributed by atoms with Gasteiger partial charge in [0.1, 0.15) is 17.8 Å². The highest BCUT2D eigenvalue weighted by molar-refractivity contribution is 8.00. The second-order valence-electron chi connectivity index (χ2n) is 5.86. The summed E-state index contributed by atoms with van der Waals surface area (Å²) in [6.07, 6.45) is 1.61. The number of amides is 1. The maximum absolute atomic E-state index is 12.6. The van der Waals surface area contributed by atoms with Gasteiger partial charge >= 0.3 is 0 Å². The predicted molar refractivity (Wildman–Crippen MR) is 109 cm³/mol. The molecule has 1 heterocycles. The fourth-order valence-electron chi connectivity index (χ4n) is 2.56. The number of carbonyl (C=O) groups is 1. The molecule has 1 atom stereocenters. The van der Waals surface area contributed by atoms with Crippen molar-refractivity contribution in [1.82, 2.24) is 14.8 Å². The smallest absolute Gasteiger partial charge is 0.237 e. The molecule has 0 radical (unpaired) electrons. The molecule has 0 saturated carbocycles. The number of carbonyl (C=O) groups excluding carboxylic acids is 1. The topological polar surface area (TPSA) is 78.3 Å². The molecule has 0 aliphatic carbocycles. The third kappa shape index (κ3) is 4.64. The normalized spacial score (nSPS) is 11.7. The van der Waals surface area contributed by atoms with Crippen LogP contribution < -0.4 is 14.8 Å². The van der Waals surface area contributed by atoms with Gasteiger partial charge < -0.3 is 14.8 Å². The zero-order chi connectivity index (χ0) is 19.9. The molecule has 3 rings (SSSR count). The summed E-state index contributed by atoms with van der Waals surface area (Å²) in [6, 6.07) is 14.9. The molecule has 146 valence electrons. The van der Waals surface area contributed by atoms with Crippen LogP contribution in [0.4, 0.5) is 5.69 Å². The molecule has 1 aromatic heterocycles. The Hall–Kier alpha value is -3.00. The van der Waals surface area contributed by atoms with E-state index in [1.807, 2.05) is 66.9 Å². The highest BCUT2D eigenvalue weighted by Crippen LogP contribution is 2.29. The van der Waals surface area contributed by atoms with Crippen LogP contribution in [0.3, 0.4) is 0 Å². The maximum atomic E-state index is 12.6. The van der Waals surface area contributed by atoms with Crippen molar-refractivity contribution in [1.29, 1.82) is 0 Å². The lowest BCUT2D eigenvalue weighted by atomic mass is 10.3. The van der Waals surface area contributed by atoms with Crippen LogP contribution in [0.25, 0.3) is 5.69 Å². The summed E-state index contributed by atoms with van der Waals surface area (Å²) in [5.74, 6) is 1.35. The second-order valence-corrected chi connectivity index (χ2v) is 7.17. The molecule has 0 aliphatic heterocycles. The van der Waals surface area contributed by atoms with E-state index in [2.05, 4.69) is 15.5 Å². The molecule has 8 heteroatoms. The fraction of sp³-hybridized carbons (Fsp3) is 0.250. The van der Waals surface area contributed by atoms with Crippen LogP contribution in [0, 0.1) is 0 Å². The van der Waals surface area contributed by atoms with Gasteiger partial charge in [0.15, 0.2) is 5.16 Å². The maximum Gasteiger partial charge on any atom is 0.237 e. The molecule has 1 N–H and O–H groups in total. The fourth-order valence-corrected chi connectivity index (χ4v) is 3.39. The predicted octanol–water partition coefficient (Wildman–Crippen LogP) is 3.79. The van der Waals surface area contributed by atoms with E-state index in [4.69, 9.17) is 9.47 Å². The lowest BCUT2D eigenvalue weighted by molar-refractivity contribution is -0.115. The Labute approximate surface area is 168 Å². The van der Waals surface area contributed by atoms with Gasteiger partial charge in [0.25, 0.3) is 0 Å². The Morgan fingerprint density at radius 2 is 1.96 bits per heavy atom. The van der Waals surface area contributed by atoms with Gasteiger partial charge in [0.2, 0.25) is 5.91 Å². The number of para-hydroxylation sites is 2. The number of nitrogens with one attached hydrogen (secondary N) is 1. The lowest BCUT2D eigenvalue weighted by Crippen LogP contribution is -2.22. The third-order valence-corrected chi connectivity index (χ3v) is 5.00. The summed E-state index contributed by atoms with van der Waals surface area (Å²) in [5.41, 5.74) is 1.53. The van der Waals surface area contributed by atoms with Gasteiger partial charge in [0, 0.05) is 5.69 Å². The molecule has 0 aliphatic rings. The van der Waals surface area contributed by atoms with E-state index in [9.17, 15) is 4.79 Å². The van der Waals surface area contributed by atoms with Crippen molar-refractivity contribution in [2.45, 2.75) is 24.3 Å². The molecule has 0 bridgehead atoms. The first-order valence-corrected chi connectivity index (χ1v) is 9.74. The summed E-state index contributed by atoms with van der Waals surface area (Å²) >= 11 is 1.33. The van der Waals surface area contributed by atoms with Gasteiger partial charge in [-0.25, -0.2) is 0 Å². The number of aromatic nitrogens is 3. The number of nitrogens with zero attached hydrogens (tertiary/aromatic N) is 3. The summed E-state index contributed by atoms with van der Waals surface area (Å²) in [4.78, 5) is 12.6. The molecule has 1 unspecified atom stereocenters. The van der Waals surface area contributed by atoms with Crippen molar-refractivity contribution in [3.63, 3.8) is 0 Å². The highest BCUT2D eigenvalue weighted by Gasteiger charge is 2.19. The van der Waals surface area contributed by atoms with Gasteiger partial charge in [-0.1, -0.05) is 23.9 Å². The standard InChI is InChI=1S/C20H22N4O3S/c1-4-27-16-11-9-15(10-12-16)22-19(25)14(2)28-20-23-21-13-24(20)17-7-5-6-8-18(17)26-3/h5-14H,4H2,1-3H3,(H,22,25). The summed E-state index contributed by atoms with van der Waals surface area (Å²) in [6.45, 7) is 4.36. The largest absolute Gasteiger partial charge is 0.495 e. The van der Waals surface area contributed by atoms with Crippen molar-refractivity contribution >= 4 is 23.4 Å². The number of thioether (sulfide) groups is 1. The summed E-state index contributed by atoms with van der Waals surface area (Å²) in [5, 5.41) is 11.3. The quantitative estimate of drug-likeness (QED) is 0.582. The zero-order valence-electron chi connectivity index (χ0n) is 16.0. The van der Waals surface area contributed by atoms with Crippen molar-refractivity contribution in [2.24, 2.45) is 0 Å². The minimum absolute atomic E-state index is 0.122. The molecular weight excluding hydrogens is 376 g/mol. The van der Waals surface area contributed by atoms with Crippen molar-refractivity contribution in [2.75, 3.05) is 19.0 Å². The number of anilines is 1. The number of rotatable bonds is 8. The van der Waals surface area contributed by atoms with E-state index in [-0.39, 0.29) is 11.2 Å². The van der Waals surface area contributed by atoms with Gasteiger partial charge in [-0.2, -0.15) is 0 Å². The SMILES string of the molecule is CCOc1ccc(NC(=O)C(C)Sc2nncn2-c2ccccc2OC)cc1. The van der Waals surface area contributed by atoms with E-state index in [1.54, 1.807) is 13.4 Å². The summed E-state index contributed by atoms with van der Waals surface area (Å²) < 4.78 is 12.6. The molecule has 1 amide bonds. The molecule has 0 saturated heterocycles. The van der Waals surface area contributed by atoms with Gasteiger partial charge in [-0.05, 0) is 50.2 Å². The van der Waals surface area contributed by atoms with Crippen LogP contribution in [0.2, 0.25) is 0 Å². The Morgan fingerprint density at radius 3 is 2.68 bits per heavy atom. The average molecular weight is 398 g/mol. The van der Waals surface area contributed by atoms with E-state index in [0.29, 0.717) is 23.2 Å². The van der Waals surface area contributed by atoms with Gasteiger partial charge in [0.05, 0.1) is 24.7 Å². The van der Waals surface area contributed by atoms with Crippen LogP contribution in [0.1, 0.15) is 13.8 Å². The number of hydrogen-bond acceptors (Lipinski definition) is 6. The first kappa shape index (κ1) is 19.8. The van der Waals surface area contributed by atoms with Crippen LogP contribution in [0.5, 0.6) is 11.5 Å². The number of methoxy groups -OCH3 is 1. The van der Waals surface area contributed by atoms with Crippen molar-refractivity contribution in [3.05, 3.63) is 54.9 Å².